The number of allylic oxidation sites excluding steroid dienone is 2. The van der Waals surface area contributed by atoms with Crippen molar-refractivity contribution in [3.8, 4) is 0 Å². The average Bonchev–Trinajstić information content (AvgIpc) is 3.79. The van der Waals surface area contributed by atoms with Gasteiger partial charge in [0.1, 0.15) is 36.3 Å². The van der Waals surface area contributed by atoms with E-state index in [1.54, 1.807) is 0 Å². The number of hydrogen-bond donors (Lipinski definition) is 10. The lowest BCUT2D eigenvalue weighted by Crippen LogP contribution is -2.46. The first kappa shape index (κ1) is 57.6. The van der Waals surface area contributed by atoms with Crippen LogP contribution in [-0.2, 0) is 50.7 Å². The van der Waals surface area contributed by atoms with Gasteiger partial charge in [0.2, 0.25) is 11.8 Å². The molecule has 8 atom stereocenters. The van der Waals surface area contributed by atoms with Crippen molar-refractivity contribution in [2.75, 3.05) is 37.8 Å². The normalized spacial score (nSPS) is 20.8. The molecule has 0 spiro atoms. The Morgan fingerprint density at radius 1 is 0.955 bits per heavy atom. The number of nitrogens with one attached hydrogen (secondary N) is 2. The number of carbonyl (C=O) groups is 3. The third-order valence-corrected chi connectivity index (χ3v) is 14.0. The molecule has 66 heavy (non-hydrogen) atoms. The van der Waals surface area contributed by atoms with Gasteiger partial charge >= 0.3 is 23.5 Å². The Labute approximate surface area is 386 Å². The van der Waals surface area contributed by atoms with Crippen molar-refractivity contribution in [1.29, 1.82) is 0 Å². The van der Waals surface area contributed by atoms with Crippen molar-refractivity contribution in [1.82, 2.24) is 30.2 Å². The van der Waals surface area contributed by atoms with Gasteiger partial charge in [-0.05, 0) is 25.7 Å². The number of ether oxygens (including phenoxy) is 1. The first-order chi connectivity index (χ1) is 30.9. The van der Waals surface area contributed by atoms with Crippen molar-refractivity contribution >= 4 is 69.1 Å². The molecule has 0 radical (unpaired) electrons. The second kappa shape index (κ2) is 27.4. The fourth-order valence-electron chi connectivity index (χ4n) is 6.38. The zero-order valence-electron chi connectivity index (χ0n) is 37.0. The fourth-order valence-corrected chi connectivity index (χ4v) is 9.95. The summed E-state index contributed by atoms with van der Waals surface area (Å²) in [4.78, 5) is 88.3. The van der Waals surface area contributed by atoms with E-state index in [1.807, 2.05) is 0 Å². The number of nitrogen functional groups attached to an aromatic ring is 1. The molecule has 25 nitrogen and oxygen atoms in total. The molecule has 2 unspecified atom stereocenters. The molecule has 0 aromatic carbocycles. The molecular weight excluding hydrogens is 955 g/mol. The van der Waals surface area contributed by atoms with Crippen LogP contribution in [0.5, 0.6) is 0 Å². The SMILES string of the molecule is CCCC/C=C\CCCCCCC[C@H](O)CC(=O)SCCNC(=O)CCNC(=O)[C@H](O)C(C)(C)COP(=O)(O)OP(=O)(O)OC[C@H]1O[C@@H](n2cnc3c(N)ncnc32)[C@H](O)[C@@H]1OP(=O)(O)O. The lowest BCUT2D eigenvalue weighted by atomic mass is 9.87. The number of aliphatic hydroxyl groups is 3. The molecule has 2 aromatic heterocycles. The molecule has 0 saturated carbocycles. The zero-order valence-corrected chi connectivity index (χ0v) is 40.5. The van der Waals surface area contributed by atoms with Crippen molar-refractivity contribution in [2.45, 2.75) is 135 Å². The van der Waals surface area contributed by atoms with Crippen LogP contribution in [0, 0.1) is 5.41 Å². The Morgan fingerprint density at radius 3 is 2.32 bits per heavy atom. The number of phosphoric ester groups is 3. The van der Waals surface area contributed by atoms with Crippen LogP contribution < -0.4 is 16.4 Å². The van der Waals surface area contributed by atoms with Gasteiger partial charge in [-0.3, -0.25) is 32.5 Å². The van der Waals surface area contributed by atoms with Crippen LogP contribution in [0.1, 0.15) is 104 Å². The molecule has 376 valence electrons. The molecule has 3 rings (SSSR count). The average molecular weight is 1020 g/mol. The summed E-state index contributed by atoms with van der Waals surface area (Å²) in [5.74, 6) is -1.23. The molecule has 1 saturated heterocycles. The van der Waals surface area contributed by atoms with Gasteiger partial charge in [-0.1, -0.05) is 83.2 Å². The molecule has 0 aliphatic carbocycles. The summed E-state index contributed by atoms with van der Waals surface area (Å²) >= 11 is 0.992. The number of aliphatic hydroxyl groups excluding tert-OH is 3. The zero-order chi connectivity index (χ0) is 49.1. The largest absolute Gasteiger partial charge is 0.481 e. The van der Waals surface area contributed by atoms with Gasteiger partial charge in [-0.25, -0.2) is 28.6 Å². The molecule has 11 N–H and O–H groups in total. The summed E-state index contributed by atoms with van der Waals surface area (Å²) in [6.07, 6.45) is 7.17. The van der Waals surface area contributed by atoms with Crippen LogP contribution >= 0.6 is 35.2 Å². The summed E-state index contributed by atoms with van der Waals surface area (Å²) < 4.78 is 62.4. The Morgan fingerprint density at radius 2 is 1.62 bits per heavy atom. The maximum atomic E-state index is 12.7. The summed E-state index contributed by atoms with van der Waals surface area (Å²) in [5.41, 5.74) is 4.25. The number of fused-ring (bicyclic) bond motifs is 1. The van der Waals surface area contributed by atoms with Gasteiger partial charge in [-0.15, -0.1) is 0 Å². The van der Waals surface area contributed by atoms with Crippen molar-refractivity contribution < 1.29 is 85.6 Å². The fraction of sp³-hybridized carbons (Fsp3) is 0.730. The van der Waals surface area contributed by atoms with Gasteiger partial charge in [0.15, 0.2) is 22.8 Å². The standard InChI is InChI=1S/C37H64N7O18P3S/c1-4-5-6-7-8-9-10-11-12-13-14-15-25(45)20-28(47)66-19-18-39-27(46)16-17-40-35(50)32(49)37(2,3)22-59-65(56,57)62-64(54,55)58-21-26-31(61-63(51,52)53)30(48)36(60-26)44-24-43-29-33(38)41-23-42-34(29)44/h7-8,23-26,30-32,36,45,48-49H,4-6,9-22H2,1-3H3,(H,39,46)(H,40,50)(H,54,55)(H,56,57)(H2,38,41,42)(H2,51,52,53)/b8-7-/t25-,26+,30+,31+,32-,36+/m0/s1. The molecule has 1 aliphatic heterocycles. The summed E-state index contributed by atoms with van der Waals surface area (Å²) in [6.45, 7) is 2.56. The third-order valence-electron chi connectivity index (χ3n) is 9.97. The number of nitrogens with zero attached hydrogens (tertiary/aromatic N) is 4. The van der Waals surface area contributed by atoms with E-state index < -0.39 is 90.7 Å². The monoisotopic (exact) mass is 1020 g/mol. The lowest BCUT2D eigenvalue weighted by Gasteiger charge is -2.30. The van der Waals surface area contributed by atoms with Crippen molar-refractivity contribution in [3.05, 3.63) is 24.8 Å². The Kier molecular flexibility index (Phi) is 23.9. The molecule has 2 amide bonds. The van der Waals surface area contributed by atoms with Gasteiger partial charge < -0.3 is 56.0 Å². The highest BCUT2D eigenvalue weighted by molar-refractivity contribution is 8.13. The highest BCUT2D eigenvalue weighted by atomic mass is 32.2. The molecule has 3 heterocycles. The van der Waals surface area contributed by atoms with E-state index >= 15 is 0 Å². The van der Waals surface area contributed by atoms with Gasteiger partial charge in [0.25, 0.3) is 0 Å². The summed E-state index contributed by atoms with van der Waals surface area (Å²) in [7, 11) is -16.4. The number of amides is 2. The van der Waals surface area contributed by atoms with Crippen LogP contribution in [0.4, 0.5) is 5.82 Å². The molecule has 2 aromatic rings. The summed E-state index contributed by atoms with van der Waals surface area (Å²) in [6, 6.07) is 0. The molecule has 0 bridgehead atoms. The predicted octanol–water partition coefficient (Wildman–Crippen LogP) is 2.89. The number of aromatic nitrogens is 4. The first-order valence-electron chi connectivity index (χ1n) is 21.3. The number of unbranched alkanes of at least 4 members (excludes halogenated alkanes) is 7. The third kappa shape index (κ3) is 20.5. The Balaban J connectivity index is 1.34. The predicted molar refractivity (Wildman–Crippen MR) is 239 cm³/mol. The number of nitrogens with two attached hydrogens (primary N) is 1. The van der Waals surface area contributed by atoms with Crippen LogP contribution in [0.15, 0.2) is 24.8 Å². The van der Waals surface area contributed by atoms with E-state index in [-0.39, 0.29) is 53.8 Å². The van der Waals surface area contributed by atoms with Crippen LogP contribution in [-0.4, -0.2) is 134 Å². The van der Waals surface area contributed by atoms with Gasteiger partial charge in [-0.2, -0.15) is 4.31 Å². The van der Waals surface area contributed by atoms with E-state index in [0.29, 0.717) is 6.42 Å². The lowest BCUT2D eigenvalue weighted by molar-refractivity contribution is -0.137. The second-order valence-corrected chi connectivity index (χ2v) is 21.5. The van der Waals surface area contributed by atoms with E-state index in [9.17, 15) is 63.0 Å². The van der Waals surface area contributed by atoms with Crippen LogP contribution in [0.3, 0.4) is 0 Å². The Hall–Kier alpha value is -2.74. The highest BCUT2D eigenvalue weighted by Crippen LogP contribution is 2.61. The molecule has 1 fully saturated rings. The summed E-state index contributed by atoms with van der Waals surface area (Å²) in [5, 5.41) is 36.5. The number of anilines is 1. The van der Waals surface area contributed by atoms with Crippen LogP contribution in [0.25, 0.3) is 11.2 Å². The number of thioether (sulfide) groups is 1. The topological polar surface area (TPSA) is 384 Å². The number of phosphoric acid groups is 3. The van der Waals surface area contributed by atoms with Gasteiger partial charge in [0.05, 0.1) is 25.6 Å². The van der Waals surface area contributed by atoms with E-state index in [4.69, 9.17) is 19.5 Å². The van der Waals surface area contributed by atoms with Crippen molar-refractivity contribution in [3.63, 3.8) is 0 Å². The maximum absolute atomic E-state index is 12.7. The molecule has 29 heteroatoms. The number of imidazole rings is 1. The second-order valence-electron chi connectivity index (χ2n) is 16.1. The van der Waals surface area contributed by atoms with E-state index in [1.165, 1.54) is 26.7 Å². The van der Waals surface area contributed by atoms with Gasteiger partial charge in [0, 0.05) is 37.1 Å². The molecule has 1 aliphatic rings. The minimum Gasteiger partial charge on any atom is -0.393 e. The smallest absolute Gasteiger partial charge is 0.393 e. The minimum absolute atomic E-state index is 0.0169. The number of hydrogen-bond acceptors (Lipinski definition) is 19. The first-order valence-corrected chi connectivity index (χ1v) is 26.8. The Bertz CT molecular complexity index is 2040. The molecular formula is C37H64N7O18P3S. The number of carbonyl (C=O) groups excluding carboxylic acids is 3. The maximum Gasteiger partial charge on any atom is 0.481 e. The van der Waals surface area contributed by atoms with E-state index in [2.05, 4.69) is 53.5 Å². The highest BCUT2D eigenvalue weighted by Gasteiger charge is 2.50. The van der Waals surface area contributed by atoms with Crippen LogP contribution in [0.2, 0.25) is 0 Å². The van der Waals surface area contributed by atoms with Crippen molar-refractivity contribution in [2.24, 2.45) is 5.41 Å². The number of rotatable bonds is 32. The minimum atomic E-state index is -5.59. The van der Waals surface area contributed by atoms with E-state index in [0.717, 1.165) is 73.9 Å². The quantitative estimate of drug-likeness (QED) is 0.0286.